The van der Waals surface area contributed by atoms with E-state index in [0.717, 1.165) is 44.7 Å². The fourth-order valence-electron chi connectivity index (χ4n) is 5.67. The van der Waals surface area contributed by atoms with E-state index >= 15 is 0 Å². The lowest BCUT2D eigenvalue weighted by Crippen LogP contribution is -2.44. The number of hydrogen-bond donors (Lipinski definition) is 0. The summed E-state index contributed by atoms with van der Waals surface area (Å²) in [6.45, 7) is 13.7. The van der Waals surface area contributed by atoms with Crippen molar-refractivity contribution in [3.8, 4) is 11.3 Å². The molecule has 5 rings (SSSR count). The summed E-state index contributed by atoms with van der Waals surface area (Å²) in [5.74, 6) is 0.970. The predicted molar refractivity (Wildman–Crippen MR) is 157 cm³/mol. The van der Waals surface area contributed by atoms with Gasteiger partial charge in [0.15, 0.2) is 0 Å². The molecule has 0 bridgehead atoms. The number of thiophene rings is 1. The minimum atomic E-state index is 0.456. The minimum absolute atomic E-state index is 0.456. The number of aromatic nitrogens is 1. The van der Waals surface area contributed by atoms with Crippen LogP contribution in [0.15, 0.2) is 59.4 Å². The molecule has 3 nitrogen and oxygen atoms in total. The molecule has 1 atom stereocenters. The zero-order valence-electron chi connectivity index (χ0n) is 22.4. The largest absolute Gasteiger partial charge is 0.369 e. The molecule has 2 aromatic heterocycles. The fraction of sp³-hybridized carbons (Fsp3) is 0.406. The van der Waals surface area contributed by atoms with Crippen molar-refractivity contribution in [3.05, 3.63) is 81.7 Å². The van der Waals surface area contributed by atoms with Crippen LogP contribution in [-0.4, -0.2) is 43.1 Å². The third-order valence-electron chi connectivity index (χ3n) is 7.86. The first-order valence-electron chi connectivity index (χ1n) is 13.4. The number of piperazine rings is 1. The molecule has 4 heteroatoms. The molecular weight excluding hydrogens is 458 g/mol. The number of rotatable bonds is 7. The van der Waals surface area contributed by atoms with Crippen molar-refractivity contribution < 1.29 is 0 Å². The Balaban J connectivity index is 1.54. The summed E-state index contributed by atoms with van der Waals surface area (Å²) < 4.78 is 0. The van der Waals surface area contributed by atoms with Crippen LogP contribution < -0.4 is 4.90 Å². The number of pyridine rings is 1. The summed E-state index contributed by atoms with van der Waals surface area (Å²) in [7, 11) is 2.22. The van der Waals surface area contributed by atoms with Gasteiger partial charge in [-0.25, -0.2) is 0 Å². The molecule has 4 aromatic rings. The number of fused-ring (bicyclic) bond motifs is 1. The van der Waals surface area contributed by atoms with Gasteiger partial charge in [-0.05, 0) is 88.3 Å². The van der Waals surface area contributed by atoms with Crippen LogP contribution in [0.25, 0.3) is 22.0 Å². The fourth-order valence-corrected chi connectivity index (χ4v) is 6.45. The first kappa shape index (κ1) is 25.0. The van der Waals surface area contributed by atoms with E-state index in [1.807, 2.05) is 0 Å². The van der Waals surface area contributed by atoms with Gasteiger partial charge in [0.25, 0.3) is 0 Å². The number of anilines is 1. The molecule has 1 aliphatic heterocycles. The van der Waals surface area contributed by atoms with Crippen LogP contribution in [0.2, 0.25) is 0 Å². The summed E-state index contributed by atoms with van der Waals surface area (Å²) >= 11 is 1.79. The van der Waals surface area contributed by atoms with Gasteiger partial charge in [0.05, 0.1) is 5.69 Å². The van der Waals surface area contributed by atoms with Crippen molar-refractivity contribution in [3.63, 3.8) is 0 Å². The maximum absolute atomic E-state index is 4.94. The van der Waals surface area contributed by atoms with Crippen molar-refractivity contribution in [2.24, 2.45) is 0 Å². The Kier molecular flexibility index (Phi) is 7.45. The van der Waals surface area contributed by atoms with Gasteiger partial charge in [-0.1, -0.05) is 52.0 Å². The lowest BCUT2D eigenvalue weighted by molar-refractivity contribution is 0.312. The zero-order chi connectivity index (χ0) is 25.2. The Labute approximate surface area is 220 Å². The van der Waals surface area contributed by atoms with Crippen LogP contribution in [-0.2, 0) is 12.8 Å². The molecule has 188 valence electrons. The van der Waals surface area contributed by atoms with Crippen LogP contribution in [0.1, 0.15) is 61.8 Å². The summed E-state index contributed by atoms with van der Waals surface area (Å²) in [5.41, 5.74) is 9.48. The standard InChI is InChI=1S/C32H39N3S/c1-6-24-7-8-25(18-31(24)35-14-12-34(5)13-15-35)30-19-29-27(20-33-30)10-9-26(32(29)22(2)3)17-23(4)28-11-16-36-21-28/h7-11,16,18-23H,6,12-15,17H2,1-5H3. The van der Waals surface area contributed by atoms with E-state index in [0.29, 0.717) is 11.8 Å². The van der Waals surface area contributed by atoms with Crippen molar-refractivity contribution in [2.75, 3.05) is 38.1 Å². The average molecular weight is 498 g/mol. The second-order valence-electron chi connectivity index (χ2n) is 10.7. The Morgan fingerprint density at radius 2 is 1.72 bits per heavy atom. The van der Waals surface area contributed by atoms with Gasteiger partial charge in [0.2, 0.25) is 0 Å². The molecule has 0 radical (unpaired) electrons. The topological polar surface area (TPSA) is 19.4 Å². The molecule has 0 saturated carbocycles. The highest BCUT2D eigenvalue weighted by Gasteiger charge is 2.19. The van der Waals surface area contributed by atoms with E-state index < -0.39 is 0 Å². The van der Waals surface area contributed by atoms with E-state index in [9.17, 15) is 0 Å². The minimum Gasteiger partial charge on any atom is -0.369 e. The first-order valence-corrected chi connectivity index (χ1v) is 14.4. The number of hydrogen-bond acceptors (Lipinski definition) is 4. The summed E-state index contributed by atoms with van der Waals surface area (Å²) in [6, 6.07) is 16.2. The smallest absolute Gasteiger partial charge is 0.0709 e. The lowest BCUT2D eigenvalue weighted by Gasteiger charge is -2.35. The third kappa shape index (κ3) is 5.07. The zero-order valence-corrected chi connectivity index (χ0v) is 23.2. The van der Waals surface area contributed by atoms with Gasteiger partial charge in [-0.3, -0.25) is 4.98 Å². The number of likely N-dealkylation sites (N-methyl/N-ethyl adjacent to an activating group) is 1. The van der Waals surface area contributed by atoms with Gasteiger partial charge in [-0.15, -0.1) is 0 Å². The summed E-state index contributed by atoms with van der Waals surface area (Å²) in [5, 5.41) is 7.07. The molecule has 1 aliphatic rings. The Morgan fingerprint density at radius 1 is 0.944 bits per heavy atom. The van der Waals surface area contributed by atoms with Crippen LogP contribution in [0, 0.1) is 0 Å². The molecule has 2 aromatic carbocycles. The molecular formula is C32H39N3S. The molecule has 3 heterocycles. The molecule has 36 heavy (non-hydrogen) atoms. The summed E-state index contributed by atoms with van der Waals surface area (Å²) in [6.07, 6.45) is 4.19. The normalized spacial score (nSPS) is 15.7. The van der Waals surface area contributed by atoms with Crippen molar-refractivity contribution in [1.29, 1.82) is 0 Å². The Morgan fingerprint density at radius 3 is 2.42 bits per heavy atom. The van der Waals surface area contributed by atoms with E-state index in [4.69, 9.17) is 4.98 Å². The Bertz CT molecular complexity index is 1320. The molecule has 0 N–H and O–H groups in total. The van der Waals surface area contributed by atoms with Crippen LogP contribution in [0.4, 0.5) is 5.69 Å². The first-order chi connectivity index (χ1) is 17.4. The predicted octanol–water partition coefficient (Wildman–Crippen LogP) is 7.75. The molecule has 0 aliphatic carbocycles. The van der Waals surface area contributed by atoms with Gasteiger partial charge < -0.3 is 9.80 Å². The molecule has 1 unspecified atom stereocenters. The van der Waals surface area contributed by atoms with Gasteiger partial charge >= 0.3 is 0 Å². The van der Waals surface area contributed by atoms with Crippen molar-refractivity contribution in [1.82, 2.24) is 9.88 Å². The van der Waals surface area contributed by atoms with Crippen LogP contribution >= 0.6 is 11.3 Å². The van der Waals surface area contributed by atoms with Crippen molar-refractivity contribution >= 4 is 27.8 Å². The van der Waals surface area contributed by atoms with Crippen molar-refractivity contribution in [2.45, 2.75) is 52.4 Å². The highest BCUT2D eigenvalue weighted by atomic mass is 32.1. The van der Waals surface area contributed by atoms with E-state index in [1.165, 1.54) is 44.3 Å². The highest BCUT2D eigenvalue weighted by Crippen LogP contribution is 2.35. The van der Waals surface area contributed by atoms with Crippen LogP contribution in [0.5, 0.6) is 0 Å². The molecule has 1 fully saturated rings. The second kappa shape index (κ2) is 10.7. The maximum Gasteiger partial charge on any atom is 0.0709 e. The number of nitrogens with zero attached hydrogens (tertiary/aromatic N) is 3. The van der Waals surface area contributed by atoms with E-state index in [1.54, 1.807) is 11.3 Å². The monoisotopic (exact) mass is 497 g/mol. The molecule has 0 spiro atoms. The van der Waals surface area contributed by atoms with Gasteiger partial charge in [0.1, 0.15) is 0 Å². The highest BCUT2D eigenvalue weighted by molar-refractivity contribution is 7.08. The second-order valence-corrected chi connectivity index (χ2v) is 11.5. The summed E-state index contributed by atoms with van der Waals surface area (Å²) in [4.78, 5) is 9.92. The molecule has 1 saturated heterocycles. The van der Waals surface area contributed by atoms with E-state index in [2.05, 4.69) is 104 Å². The average Bonchev–Trinajstić information content (AvgIpc) is 3.43. The molecule has 0 amide bonds. The van der Waals surface area contributed by atoms with Gasteiger partial charge in [0, 0.05) is 49.0 Å². The quantitative estimate of drug-likeness (QED) is 0.260. The lowest BCUT2D eigenvalue weighted by atomic mass is 9.86. The maximum atomic E-state index is 4.94. The number of benzene rings is 2. The van der Waals surface area contributed by atoms with E-state index in [-0.39, 0.29) is 0 Å². The Hall–Kier alpha value is -2.69. The van der Waals surface area contributed by atoms with Crippen LogP contribution in [0.3, 0.4) is 0 Å². The third-order valence-corrected chi connectivity index (χ3v) is 8.56. The number of aryl methyl sites for hydroxylation is 1. The van der Waals surface area contributed by atoms with Gasteiger partial charge in [-0.2, -0.15) is 11.3 Å². The SMILES string of the molecule is CCc1ccc(-c2cc3c(C(C)C)c(CC(C)c4ccsc4)ccc3cn2)cc1N1CCN(C)CC1.